The van der Waals surface area contributed by atoms with Crippen LogP contribution in [0.3, 0.4) is 0 Å². The zero-order chi connectivity index (χ0) is 12.4. The molecule has 0 aliphatic heterocycles. The fraction of sp³-hybridized carbons (Fsp3) is 0.0909. The number of rotatable bonds is 3. The highest BCUT2D eigenvalue weighted by molar-refractivity contribution is 5.85. The molecule has 0 spiro atoms. The van der Waals surface area contributed by atoms with Gasteiger partial charge in [-0.3, -0.25) is 4.79 Å². The van der Waals surface area contributed by atoms with Crippen LogP contribution in [0.4, 0.5) is 0 Å². The fourth-order valence-electron chi connectivity index (χ4n) is 1.44. The van der Waals surface area contributed by atoms with E-state index in [0.29, 0.717) is 10.9 Å². The molecule has 6 nitrogen and oxygen atoms in total. The number of carbonyl (C=O) groups is 1. The first kappa shape index (κ1) is 11.0. The van der Waals surface area contributed by atoms with Crippen molar-refractivity contribution in [2.75, 3.05) is 6.61 Å². The van der Waals surface area contributed by atoms with Crippen molar-refractivity contribution in [1.82, 2.24) is 4.98 Å². The number of carboxylic acid groups (broad SMARTS) is 1. The number of aromatic amines is 1. The number of para-hydroxylation sites is 1. The number of hydrogen-bond donors (Lipinski definition) is 3. The third-order valence-electron chi connectivity index (χ3n) is 2.17. The lowest BCUT2D eigenvalue weighted by Gasteiger charge is -2.05. The summed E-state index contributed by atoms with van der Waals surface area (Å²) in [5, 5.41) is 18.5. The molecule has 1 aromatic carbocycles. The van der Waals surface area contributed by atoms with Crippen LogP contribution in [0, 0.1) is 0 Å². The van der Waals surface area contributed by atoms with Crippen LogP contribution >= 0.6 is 0 Å². The number of nitrogens with one attached hydrogen (secondary N) is 1. The molecule has 0 aliphatic carbocycles. The second-order valence-electron chi connectivity index (χ2n) is 3.39. The Morgan fingerprint density at radius 3 is 2.88 bits per heavy atom. The van der Waals surface area contributed by atoms with Crippen molar-refractivity contribution in [2.24, 2.45) is 0 Å². The Hall–Kier alpha value is -2.50. The number of ether oxygens (including phenoxy) is 1. The predicted molar refractivity (Wildman–Crippen MR) is 59.4 cm³/mol. The highest BCUT2D eigenvalue weighted by Crippen LogP contribution is 2.22. The van der Waals surface area contributed by atoms with Gasteiger partial charge in [-0.15, -0.1) is 0 Å². The molecule has 17 heavy (non-hydrogen) atoms. The van der Waals surface area contributed by atoms with Crippen molar-refractivity contribution in [3.8, 4) is 11.5 Å². The Kier molecular flexibility index (Phi) is 2.70. The maximum absolute atomic E-state index is 11.5. The molecule has 2 rings (SSSR count). The average Bonchev–Trinajstić information content (AvgIpc) is 2.28. The summed E-state index contributed by atoms with van der Waals surface area (Å²) in [6.07, 6.45) is 0. The number of aliphatic carboxylic acids is 1. The quantitative estimate of drug-likeness (QED) is 0.727. The lowest BCUT2D eigenvalue weighted by Crippen LogP contribution is -2.16. The number of pyridine rings is 1. The van der Waals surface area contributed by atoms with Crippen molar-refractivity contribution < 1.29 is 19.7 Å². The second kappa shape index (κ2) is 4.17. The van der Waals surface area contributed by atoms with E-state index in [9.17, 15) is 14.7 Å². The summed E-state index contributed by atoms with van der Waals surface area (Å²) in [6, 6.07) is 6.10. The number of carboxylic acids is 1. The molecule has 0 aliphatic rings. The van der Waals surface area contributed by atoms with E-state index in [1.807, 2.05) is 0 Å². The van der Waals surface area contributed by atoms with Crippen molar-refractivity contribution in [3.63, 3.8) is 0 Å². The highest BCUT2D eigenvalue weighted by atomic mass is 16.5. The average molecular weight is 235 g/mol. The van der Waals surface area contributed by atoms with E-state index >= 15 is 0 Å². The van der Waals surface area contributed by atoms with Crippen molar-refractivity contribution >= 4 is 16.9 Å². The van der Waals surface area contributed by atoms with E-state index in [2.05, 4.69) is 4.98 Å². The Balaban J connectivity index is 2.49. The number of phenolic OH excluding ortho intramolecular Hbond substituents is 1. The van der Waals surface area contributed by atoms with Gasteiger partial charge in [0, 0.05) is 5.39 Å². The van der Waals surface area contributed by atoms with E-state index < -0.39 is 18.1 Å². The number of phenols is 1. The zero-order valence-corrected chi connectivity index (χ0v) is 8.64. The van der Waals surface area contributed by atoms with Crippen molar-refractivity contribution in [1.29, 1.82) is 0 Å². The normalized spacial score (nSPS) is 10.4. The van der Waals surface area contributed by atoms with E-state index in [0.717, 1.165) is 0 Å². The lowest BCUT2D eigenvalue weighted by molar-refractivity contribution is -0.139. The molecule has 0 atom stereocenters. The number of benzene rings is 1. The monoisotopic (exact) mass is 235 g/mol. The molecular formula is C11H9NO5. The first-order valence-corrected chi connectivity index (χ1v) is 4.77. The molecule has 1 aromatic heterocycles. The second-order valence-corrected chi connectivity index (χ2v) is 3.39. The van der Waals surface area contributed by atoms with Gasteiger partial charge in [-0.05, 0) is 12.1 Å². The Morgan fingerprint density at radius 2 is 2.18 bits per heavy atom. The third kappa shape index (κ3) is 2.20. The summed E-state index contributed by atoms with van der Waals surface area (Å²) >= 11 is 0. The standard InChI is InChI=1S/C11H9NO5/c13-7-3-1-2-6-4-8(17-5-9(14)15)11(16)12-10(6)7/h1-4,13H,5H2,(H,12,16)(H,14,15). The number of aromatic hydroxyl groups is 1. The van der Waals surface area contributed by atoms with Gasteiger partial charge in [0.2, 0.25) is 0 Å². The van der Waals surface area contributed by atoms with Crippen LogP contribution in [0.15, 0.2) is 29.1 Å². The van der Waals surface area contributed by atoms with Crippen LogP contribution in [0.2, 0.25) is 0 Å². The van der Waals surface area contributed by atoms with Gasteiger partial charge in [-0.25, -0.2) is 4.79 Å². The van der Waals surface area contributed by atoms with Crippen LogP contribution in [-0.4, -0.2) is 27.8 Å². The van der Waals surface area contributed by atoms with Gasteiger partial charge in [0.15, 0.2) is 12.4 Å². The number of fused-ring (bicyclic) bond motifs is 1. The molecule has 0 fully saturated rings. The fourth-order valence-corrected chi connectivity index (χ4v) is 1.44. The Morgan fingerprint density at radius 1 is 1.41 bits per heavy atom. The molecule has 0 saturated carbocycles. The van der Waals surface area contributed by atoms with Gasteiger partial charge in [0.05, 0.1) is 5.52 Å². The smallest absolute Gasteiger partial charge is 0.341 e. The van der Waals surface area contributed by atoms with Crippen LogP contribution < -0.4 is 10.3 Å². The summed E-state index contributed by atoms with van der Waals surface area (Å²) in [6.45, 7) is -0.590. The van der Waals surface area contributed by atoms with Crippen molar-refractivity contribution in [3.05, 3.63) is 34.6 Å². The third-order valence-corrected chi connectivity index (χ3v) is 2.17. The molecule has 0 unspecified atom stereocenters. The first-order chi connectivity index (χ1) is 8.08. The van der Waals surface area contributed by atoms with E-state index in [1.54, 1.807) is 12.1 Å². The van der Waals surface area contributed by atoms with E-state index in [-0.39, 0.29) is 11.5 Å². The van der Waals surface area contributed by atoms with E-state index in [1.165, 1.54) is 12.1 Å². The molecule has 0 amide bonds. The molecular weight excluding hydrogens is 226 g/mol. The number of aromatic nitrogens is 1. The van der Waals surface area contributed by atoms with Crippen molar-refractivity contribution in [2.45, 2.75) is 0 Å². The molecule has 2 aromatic rings. The maximum atomic E-state index is 11.5. The topological polar surface area (TPSA) is 99.6 Å². The van der Waals surface area contributed by atoms with Gasteiger partial charge in [-0.2, -0.15) is 0 Å². The first-order valence-electron chi connectivity index (χ1n) is 4.77. The largest absolute Gasteiger partial charge is 0.506 e. The van der Waals surface area contributed by atoms with Gasteiger partial charge in [0.1, 0.15) is 5.75 Å². The van der Waals surface area contributed by atoms with E-state index in [4.69, 9.17) is 9.84 Å². The SMILES string of the molecule is O=C(O)COc1cc2cccc(O)c2[nH]c1=O. The molecule has 0 bridgehead atoms. The molecule has 88 valence electrons. The van der Waals surface area contributed by atoms with Crippen LogP contribution in [-0.2, 0) is 4.79 Å². The van der Waals surface area contributed by atoms with Gasteiger partial charge in [-0.1, -0.05) is 12.1 Å². The summed E-state index contributed by atoms with van der Waals surface area (Å²) < 4.78 is 4.82. The Labute approximate surface area is 95.1 Å². The minimum Gasteiger partial charge on any atom is -0.506 e. The maximum Gasteiger partial charge on any atom is 0.341 e. The van der Waals surface area contributed by atoms with Crippen LogP contribution in [0.1, 0.15) is 0 Å². The lowest BCUT2D eigenvalue weighted by atomic mass is 10.2. The summed E-state index contributed by atoms with van der Waals surface area (Å²) in [7, 11) is 0. The molecule has 3 N–H and O–H groups in total. The summed E-state index contributed by atoms with van der Waals surface area (Å²) in [5.74, 6) is -1.31. The van der Waals surface area contributed by atoms with Crippen LogP contribution in [0.5, 0.6) is 11.5 Å². The zero-order valence-electron chi connectivity index (χ0n) is 8.64. The minimum absolute atomic E-state index is 0.0515. The van der Waals surface area contributed by atoms with Crippen LogP contribution in [0.25, 0.3) is 10.9 Å². The summed E-state index contributed by atoms with van der Waals surface area (Å²) in [5.41, 5.74) is -0.291. The van der Waals surface area contributed by atoms with Gasteiger partial charge < -0.3 is 19.9 Å². The predicted octanol–water partition coefficient (Wildman–Crippen LogP) is 0.697. The number of H-pyrrole nitrogens is 1. The highest BCUT2D eigenvalue weighted by Gasteiger charge is 2.07. The van der Waals surface area contributed by atoms with Gasteiger partial charge in [0.25, 0.3) is 5.56 Å². The molecule has 0 radical (unpaired) electrons. The molecule has 0 saturated heterocycles. The molecule has 6 heteroatoms. The summed E-state index contributed by atoms with van der Waals surface area (Å²) in [4.78, 5) is 24.3. The molecule has 1 heterocycles. The number of hydrogen-bond acceptors (Lipinski definition) is 4. The Bertz CT molecular complexity index is 631. The van der Waals surface area contributed by atoms with Gasteiger partial charge >= 0.3 is 5.97 Å². The minimum atomic E-state index is -1.17.